The van der Waals surface area contributed by atoms with Crippen LogP contribution in [0.4, 0.5) is 0 Å². The minimum Gasteiger partial charge on any atom is -0.504 e. The highest BCUT2D eigenvalue weighted by molar-refractivity contribution is 5.49. The van der Waals surface area contributed by atoms with Crippen molar-refractivity contribution in [1.82, 2.24) is 0 Å². The summed E-state index contributed by atoms with van der Waals surface area (Å²) < 4.78 is 5.44. The molecule has 2 aliphatic carbocycles. The van der Waals surface area contributed by atoms with Crippen LogP contribution in [0.1, 0.15) is 38.2 Å². The van der Waals surface area contributed by atoms with Crippen molar-refractivity contribution in [1.29, 1.82) is 0 Å². The number of phenols is 1. The van der Waals surface area contributed by atoms with Gasteiger partial charge >= 0.3 is 0 Å². The summed E-state index contributed by atoms with van der Waals surface area (Å²) in [4.78, 5) is 0. The van der Waals surface area contributed by atoms with Crippen LogP contribution in [0.3, 0.4) is 0 Å². The fourth-order valence-electron chi connectivity index (χ4n) is 2.90. The lowest BCUT2D eigenvalue weighted by Crippen LogP contribution is -2.37. The third-order valence-electron chi connectivity index (χ3n) is 4.30. The first-order valence-corrected chi connectivity index (χ1v) is 6.36. The summed E-state index contributed by atoms with van der Waals surface area (Å²) in [5, 5.41) is 9.71. The number of benzene rings is 1. The normalized spacial score (nSPS) is 23.2. The maximum atomic E-state index is 9.71. The maximum absolute atomic E-state index is 9.71. The van der Waals surface area contributed by atoms with Crippen LogP contribution < -0.4 is 10.5 Å². The molecule has 0 aliphatic heterocycles. The second kappa shape index (κ2) is 3.39. The largest absolute Gasteiger partial charge is 0.504 e. The number of aromatic hydroxyl groups is 1. The van der Waals surface area contributed by atoms with Gasteiger partial charge in [0.15, 0.2) is 11.5 Å². The van der Waals surface area contributed by atoms with Crippen LogP contribution in [0.5, 0.6) is 11.5 Å². The van der Waals surface area contributed by atoms with Gasteiger partial charge in [-0.1, -0.05) is 6.07 Å². The monoisotopic (exact) mass is 233 g/mol. The highest BCUT2D eigenvalue weighted by Gasteiger charge is 2.64. The van der Waals surface area contributed by atoms with E-state index in [9.17, 15) is 5.11 Å². The average molecular weight is 233 g/mol. The van der Waals surface area contributed by atoms with Crippen molar-refractivity contribution in [2.24, 2.45) is 5.73 Å². The Morgan fingerprint density at radius 3 is 2.53 bits per heavy atom. The van der Waals surface area contributed by atoms with Crippen LogP contribution >= 0.6 is 0 Å². The van der Waals surface area contributed by atoms with Crippen LogP contribution in [0.25, 0.3) is 0 Å². The Morgan fingerprint density at radius 1 is 1.29 bits per heavy atom. The zero-order valence-electron chi connectivity index (χ0n) is 10.2. The standard InChI is InChI=1S/C14H19NO2/c1-2-17-12-9-10(3-4-11(12)16)13(5-6-13)14(15)7-8-14/h3-4,9,16H,2,5-8,15H2,1H3. The molecule has 0 saturated heterocycles. The van der Waals surface area contributed by atoms with E-state index < -0.39 is 0 Å². The molecule has 0 atom stereocenters. The molecule has 0 unspecified atom stereocenters. The van der Waals surface area contributed by atoms with Crippen molar-refractivity contribution in [3.05, 3.63) is 23.8 Å². The summed E-state index contributed by atoms with van der Waals surface area (Å²) in [5.41, 5.74) is 7.78. The van der Waals surface area contributed by atoms with Gasteiger partial charge in [0.1, 0.15) is 0 Å². The van der Waals surface area contributed by atoms with Gasteiger partial charge in [0.2, 0.25) is 0 Å². The molecule has 3 N–H and O–H groups in total. The van der Waals surface area contributed by atoms with E-state index >= 15 is 0 Å². The van der Waals surface area contributed by atoms with Gasteiger partial charge in [-0.15, -0.1) is 0 Å². The van der Waals surface area contributed by atoms with E-state index in [1.54, 1.807) is 6.07 Å². The topological polar surface area (TPSA) is 55.5 Å². The van der Waals surface area contributed by atoms with Gasteiger partial charge in [-0.3, -0.25) is 0 Å². The van der Waals surface area contributed by atoms with Crippen molar-refractivity contribution in [2.45, 2.75) is 43.6 Å². The van der Waals surface area contributed by atoms with Crippen LogP contribution in [-0.4, -0.2) is 17.3 Å². The quantitative estimate of drug-likeness (QED) is 0.839. The van der Waals surface area contributed by atoms with Crippen LogP contribution in [0.15, 0.2) is 18.2 Å². The van der Waals surface area contributed by atoms with Gasteiger partial charge in [-0.05, 0) is 50.3 Å². The zero-order valence-corrected chi connectivity index (χ0v) is 10.2. The minimum atomic E-state index is 0.00740. The van der Waals surface area contributed by atoms with Crippen LogP contribution in [-0.2, 0) is 5.41 Å². The van der Waals surface area contributed by atoms with Gasteiger partial charge < -0.3 is 15.6 Å². The molecule has 0 heterocycles. The van der Waals surface area contributed by atoms with Gasteiger partial charge in [-0.2, -0.15) is 0 Å². The van der Waals surface area contributed by atoms with E-state index in [-0.39, 0.29) is 16.7 Å². The highest BCUT2D eigenvalue weighted by atomic mass is 16.5. The maximum Gasteiger partial charge on any atom is 0.161 e. The minimum absolute atomic E-state index is 0.00740. The predicted molar refractivity (Wildman–Crippen MR) is 66.3 cm³/mol. The molecule has 92 valence electrons. The molecule has 1 aromatic rings. The van der Waals surface area contributed by atoms with E-state index in [4.69, 9.17) is 10.5 Å². The van der Waals surface area contributed by atoms with Crippen LogP contribution in [0, 0.1) is 0 Å². The molecule has 3 rings (SSSR count). The number of phenolic OH excluding ortho intramolecular Hbond substituents is 1. The lowest BCUT2D eigenvalue weighted by molar-refractivity contribution is 0.317. The average Bonchev–Trinajstić information content (AvgIpc) is 3.17. The Labute approximate surface area is 102 Å². The molecule has 2 fully saturated rings. The molecule has 0 spiro atoms. The molecule has 17 heavy (non-hydrogen) atoms. The summed E-state index contributed by atoms with van der Waals surface area (Å²) >= 11 is 0. The lowest BCUT2D eigenvalue weighted by atomic mass is 9.86. The second-order valence-electron chi connectivity index (χ2n) is 5.35. The lowest BCUT2D eigenvalue weighted by Gasteiger charge is -2.24. The van der Waals surface area contributed by atoms with E-state index in [1.165, 1.54) is 18.4 Å². The van der Waals surface area contributed by atoms with Gasteiger partial charge in [0, 0.05) is 11.0 Å². The first-order chi connectivity index (χ1) is 8.11. The Kier molecular flexibility index (Phi) is 2.17. The van der Waals surface area contributed by atoms with E-state index in [0.29, 0.717) is 12.4 Å². The fourth-order valence-corrected chi connectivity index (χ4v) is 2.90. The second-order valence-corrected chi connectivity index (χ2v) is 5.35. The molecule has 3 nitrogen and oxygen atoms in total. The molecule has 2 aliphatic rings. The summed E-state index contributed by atoms with van der Waals surface area (Å²) in [5.74, 6) is 0.800. The van der Waals surface area contributed by atoms with Crippen molar-refractivity contribution in [2.75, 3.05) is 6.61 Å². The van der Waals surface area contributed by atoms with E-state index in [1.807, 2.05) is 19.1 Å². The number of nitrogens with two attached hydrogens (primary N) is 1. The van der Waals surface area contributed by atoms with Gasteiger partial charge in [0.25, 0.3) is 0 Å². The van der Waals surface area contributed by atoms with Crippen molar-refractivity contribution in [3.63, 3.8) is 0 Å². The number of ether oxygens (including phenoxy) is 1. The summed E-state index contributed by atoms with van der Waals surface area (Å²) in [6.07, 6.45) is 4.58. The van der Waals surface area contributed by atoms with Gasteiger partial charge in [-0.25, -0.2) is 0 Å². The molecule has 0 amide bonds. The molecule has 3 heteroatoms. The number of hydrogen-bond donors (Lipinski definition) is 2. The molecule has 0 aromatic heterocycles. The summed E-state index contributed by atoms with van der Waals surface area (Å²) in [6, 6.07) is 5.70. The number of rotatable bonds is 4. The predicted octanol–water partition coefficient (Wildman–Crippen LogP) is 2.31. The molecular weight excluding hydrogens is 214 g/mol. The molecule has 0 radical (unpaired) electrons. The molecular formula is C14H19NO2. The van der Waals surface area contributed by atoms with Crippen LogP contribution in [0.2, 0.25) is 0 Å². The first-order valence-electron chi connectivity index (χ1n) is 6.36. The first kappa shape index (κ1) is 10.9. The zero-order chi connectivity index (χ0) is 12.1. The number of hydrogen-bond acceptors (Lipinski definition) is 3. The molecule has 2 saturated carbocycles. The van der Waals surface area contributed by atoms with E-state index in [2.05, 4.69) is 0 Å². The fraction of sp³-hybridized carbons (Fsp3) is 0.571. The third kappa shape index (κ3) is 1.53. The van der Waals surface area contributed by atoms with Crippen molar-refractivity contribution >= 4 is 0 Å². The van der Waals surface area contributed by atoms with Crippen molar-refractivity contribution in [3.8, 4) is 11.5 Å². The molecule has 1 aromatic carbocycles. The highest BCUT2D eigenvalue weighted by Crippen LogP contribution is 2.64. The van der Waals surface area contributed by atoms with Crippen molar-refractivity contribution < 1.29 is 9.84 Å². The summed E-state index contributed by atoms with van der Waals surface area (Å²) in [6.45, 7) is 2.49. The SMILES string of the molecule is CCOc1cc(C2(C3(N)CC3)CC2)ccc1O. The Balaban J connectivity index is 1.96. The third-order valence-corrected chi connectivity index (χ3v) is 4.30. The Bertz CT molecular complexity index is 448. The van der Waals surface area contributed by atoms with Gasteiger partial charge in [0.05, 0.1) is 6.61 Å². The Hall–Kier alpha value is -1.22. The summed E-state index contributed by atoms with van der Waals surface area (Å²) in [7, 11) is 0. The van der Waals surface area contributed by atoms with E-state index in [0.717, 1.165) is 12.8 Å². The molecule has 0 bridgehead atoms. The Morgan fingerprint density at radius 2 is 2.00 bits per heavy atom. The smallest absolute Gasteiger partial charge is 0.161 e.